The van der Waals surface area contributed by atoms with E-state index in [1.165, 1.54) is 25.2 Å². The van der Waals surface area contributed by atoms with Gasteiger partial charge in [-0.2, -0.15) is 0 Å². The fourth-order valence-corrected chi connectivity index (χ4v) is 6.33. The maximum atomic E-state index is 14.4. The van der Waals surface area contributed by atoms with Gasteiger partial charge in [0, 0.05) is 25.1 Å². The second-order valence-corrected chi connectivity index (χ2v) is 12.8. The molecule has 3 aromatic rings. The van der Waals surface area contributed by atoms with E-state index in [2.05, 4.69) is 5.32 Å². The summed E-state index contributed by atoms with van der Waals surface area (Å²) in [6.45, 7) is -0.490. The SMILES string of the molecule is COc1cccc(CN(C(=O)CN(c2ccc(OC)cc2OC)S(C)(=O)=O)[C@@H](Cc2ccccc2)C(=O)NC2CCCC2)c1. The van der Waals surface area contributed by atoms with Crippen LogP contribution >= 0.6 is 0 Å². The van der Waals surface area contributed by atoms with Gasteiger partial charge < -0.3 is 24.4 Å². The van der Waals surface area contributed by atoms with Gasteiger partial charge in [0.1, 0.15) is 29.8 Å². The molecule has 1 fully saturated rings. The van der Waals surface area contributed by atoms with Gasteiger partial charge in [0.2, 0.25) is 21.8 Å². The average molecular weight is 624 g/mol. The second kappa shape index (κ2) is 15.0. The summed E-state index contributed by atoms with van der Waals surface area (Å²) in [6.07, 6.45) is 5.12. The number of nitrogens with zero attached hydrogens (tertiary/aromatic N) is 2. The molecule has 44 heavy (non-hydrogen) atoms. The first-order valence-corrected chi connectivity index (χ1v) is 16.4. The van der Waals surface area contributed by atoms with Crippen molar-refractivity contribution in [1.82, 2.24) is 10.2 Å². The first-order chi connectivity index (χ1) is 21.1. The van der Waals surface area contributed by atoms with Crippen LogP contribution in [0.15, 0.2) is 72.8 Å². The van der Waals surface area contributed by atoms with Crippen LogP contribution in [0.5, 0.6) is 17.2 Å². The zero-order valence-corrected chi connectivity index (χ0v) is 26.5. The molecule has 4 rings (SSSR count). The van der Waals surface area contributed by atoms with Crippen molar-refractivity contribution >= 4 is 27.5 Å². The zero-order valence-electron chi connectivity index (χ0n) is 25.7. The van der Waals surface area contributed by atoms with E-state index in [1.54, 1.807) is 31.4 Å². The number of ether oxygens (including phenoxy) is 3. The molecule has 0 aliphatic heterocycles. The van der Waals surface area contributed by atoms with Crippen molar-refractivity contribution in [3.63, 3.8) is 0 Å². The highest BCUT2D eigenvalue weighted by Crippen LogP contribution is 2.34. The number of carbonyl (C=O) groups excluding carboxylic acids is 2. The van der Waals surface area contributed by atoms with E-state index in [0.29, 0.717) is 11.5 Å². The van der Waals surface area contributed by atoms with Gasteiger partial charge in [-0.25, -0.2) is 8.42 Å². The fraction of sp³-hybridized carbons (Fsp3) is 0.394. The molecule has 0 aromatic heterocycles. The second-order valence-electron chi connectivity index (χ2n) is 10.9. The van der Waals surface area contributed by atoms with Crippen LogP contribution in [0.25, 0.3) is 0 Å². The number of hydrogen-bond donors (Lipinski definition) is 1. The van der Waals surface area contributed by atoms with Crippen molar-refractivity contribution < 1.29 is 32.2 Å². The van der Waals surface area contributed by atoms with Gasteiger partial charge >= 0.3 is 0 Å². The number of hydrogen-bond acceptors (Lipinski definition) is 7. The Morgan fingerprint density at radius 3 is 2.16 bits per heavy atom. The van der Waals surface area contributed by atoms with Crippen LogP contribution in [0.3, 0.4) is 0 Å². The summed E-state index contributed by atoms with van der Waals surface area (Å²) < 4.78 is 43.5. The van der Waals surface area contributed by atoms with Gasteiger partial charge in [0.15, 0.2) is 0 Å². The van der Waals surface area contributed by atoms with E-state index >= 15 is 0 Å². The summed E-state index contributed by atoms with van der Waals surface area (Å²) in [5.74, 6) is 0.479. The summed E-state index contributed by atoms with van der Waals surface area (Å²) in [6, 6.07) is 20.6. The molecule has 0 radical (unpaired) electrons. The molecule has 1 N–H and O–H groups in total. The molecule has 0 spiro atoms. The van der Waals surface area contributed by atoms with Crippen molar-refractivity contribution in [3.8, 4) is 17.2 Å². The number of nitrogens with one attached hydrogen (secondary N) is 1. The zero-order chi connectivity index (χ0) is 31.7. The Balaban J connectivity index is 1.76. The number of rotatable bonds is 14. The largest absolute Gasteiger partial charge is 0.497 e. The first-order valence-electron chi connectivity index (χ1n) is 14.6. The fourth-order valence-electron chi connectivity index (χ4n) is 5.47. The van der Waals surface area contributed by atoms with Crippen molar-refractivity contribution in [2.45, 2.75) is 50.7 Å². The molecule has 0 saturated heterocycles. The number of sulfonamides is 1. The summed E-state index contributed by atoms with van der Waals surface area (Å²) in [5.41, 5.74) is 1.79. The number of methoxy groups -OCH3 is 3. The van der Waals surface area contributed by atoms with E-state index < -0.39 is 28.5 Å². The number of anilines is 1. The molecule has 0 heterocycles. The van der Waals surface area contributed by atoms with Crippen LogP contribution in [0.1, 0.15) is 36.8 Å². The lowest BCUT2D eigenvalue weighted by molar-refractivity contribution is -0.140. The smallest absolute Gasteiger partial charge is 0.244 e. The minimum Gasteiger partial charge on any atom is -0.497 e. The van der Waals surface area contributed by atoms with Gasteiger partial charge in [-0.05, 0) is 48.2 Å². The van der Waals surface area contributed by atoms with Crippen molar-refractivity contribution in [1.29, 1.82) is 0 Å². The lowest BCUT2D eigenvalue weighted by Crippen LogP contribution is -2.54. The predicted molar refractivity (Wildman–Crippen MR) is 170 cm³/mol. The molecular formula is C33H41N3O7S. The number of benzene rings is 3. The molecule has 1 aliphatic carbocycles. The Kier molecular flexibility index (Phi) is 11.1. The van der Waals surface area contributed by atoms with Crippen LogP contribution < -0.4 is 23.8 Å². The standard InChI is InChI=1S/C33H41N3O7S/c1-41-27-16-10-13-25(19-27)22-35(30(20-24-11-6-5-7-12-24)33(38)34-26-14-8-9-15-26)32(37)23-36(44(4,39)40)29-18-17-28(42-2)21-31(29)43-3/h5-7,10-13,16-19,21,26,30H,8-9,14-15,20,22-23H2,1-4H3,(H,34,38)/t30-/m0/s1. The van der Waals surface area contributed by atoms with Crippen LogP contribution in [0, 0.1) is 0 Å². The highest BCUT2D eigenvalue weighted by Gasteiger charge is 2.35. The lowest BCUT2D eigenvalue weighted by atomic mass is 10.0. The topological polar surface area (TPSA) is 114 Å². The van der Waals surface area contributed by atoms with E-state index in [-0.39, 0.29) is 36.4 Å². The third-order valence-corrected chi connectivity index (χ3v) is 8.92. The Labute approximate surface area is 260 Å². The van der Waals surface area contributed by atoms with E-state index in [0.717, 1.165) is 47.4 Å². The Hall–Kier alpha value is -4.25. The molecule has 0 unspecified atom stereocenters. The maximum Gasteiger partial charge on any atom is 0.244 e. The normalized spacial score (nSPS) is 14.0. The molecule has 3 aromatic carbocycles. The van der Waals surface area contributed by atoms with Crippen molar-refractivity contribution in [2.24, 2.45) is 0 Å². The summed E-state index contributed by atoms with van der Waals surface area (Å²) in [7, 11) is 0.504. The molecule has 1 aliphatic rings. The summed E-state index contributed by atoms with van der Waals surface area (Å²) >= 11 is 0. The van der Waals surface area contributed by atoms with Crippen LogP contribution in [0.2, 0.25) is 0 Å². The molecule has 10 nitrogen and oxygen atoms in total. The van der Waals surface area contributed by atoms with Gasteiger partial charge in [-0.1, -0.05) is 55.3 Å². The Morgan fingerprint density at radius 1 is 0.864 bits per heavy atom. The molecule has 1 atom stereocenters. The maximum absolute atomic E-state index is 14.4. The minimum atomic E-state index is -3.96. The summed E-state index contributed by atoms with van der Waals surface area (Å²) in [4.78, 5) is 29.8. The molecule has 0 bridgehead atoms. The van der Waals surface area contributed by atoms with Crippen LogP contribution in [-0.4, -0.2) is 71.3 Å². The number of carbonyl (C=O) groups is 2. The molecular weight excluding hydrogens is 582 g/mol. The van der Waals surface area contributed by atoms with E-state index in [9.17, 15) is 18.0 Å². The quantitative estimate of drug-likeness (QED) is 0.287. The van der Waals surface area contributed by atoms with Crippen molar-refractivity contribution in [2.75, 3.05) is 38.4 Å². The molecule has 2 amide bonds. The van der Waals surface area contributed by atoms with Crippen LogP contribution in [0.4, 0.5) is 5.69 Å². The predicted octanol–water partition coefficient (Wildman–Crippen LogP) is 4.18. The van der Waals surface area contributed by atoms with E-state index in [4.69, 9.17) is 14.2 Å². The third-order valence-electron chi connectivity index (χ3n) is 7.79. The average Bonchev–Trinajstić information content (AvgIpc) is 3.54. The minimum absolute atomic E-state index is 0.0330. The highest BCUT2D eigenvalue weighted by atomic mass is 32.2. The first kappa shape index (κ1) is 32.7. The third kappa shape index (κ3) is 8.43. The number of amides is 2. The van der Waals surface area contributed by atoms with Gasteiger partial charge in [0.25, 0.3) is 0 Å². The molecule has 11 heteroatoms. The molecule has 1 saturated carbocycles. The Bertz CT molecular complexity index is 1530. The van der Waals surface area contributed by atoms with Crippen LogP contribution in [-0.2, 0) is 32.6 Å². The van der Waals surface area contributed by atoms with Gasteiger partial charge in [0.05, 0.1) is 33.3 Å². The Morgan fingerprint density at radius 2 is 1.52 bits per heavy atom. The monoisotopic (exact) mass is 623 g/mol. The lowest BCUT2D eigenvalue weighted by Gasteiger charge is -2.34. The molecule has 236 valence electrons. The highest BCUT2D eigenvalue weighted by molar-refractivity contribution is 7.92. The van der Waals surface area contributed by atoms with Gasteiger partial charge in [-0.3, -0.25) is 13.9 Å². The van der Waals surface area contributed by atoms with E-state index in [1.807, 2.05) is 42.5 Å². The summed E-state index contributed by atoms with van der Waals surface area (Å²) in [5, 5.41) is 3.17. The van der Waals surface area contributed by atoms with Gasteiger partial charge in [-0.15, -0.1) is 0 Å². The van der Waals surface area contributed by atoms with Crippen molar-refractivity contribution in [3.05, 3.63) is 83.9 Å².